The summed E-state index contributed by atoms with van der Waals surface area (Å²) in [5.41, 5.74) is 2.12. The highest BCUT2D eigenvalue weighted by atomic mass is 16.2. The van der Waals surface area contributed by atoms with Crippen molar-refractivity contribution in [3.05, 3.63) is 71.8 Å². The lowest BCUT2D eigenvalue weighted by atomic mass is 10.0. The Morgan fingerprint density at radius 3 is 1.64 bits per heavy atom. The second kappa shape index (κ2) is 7.55. The maximum atomic E-state index is 12.6. The minimum absolute atomic E-state index is 0.101. The Balaban J connectivity index is 2.20. The number of Topliss-reactive ketones (excluding diaryl/α,β-unsaturated/α-hetero) is 1. The smallest absolute Gasteiger partial charge is 0.233 e. The summed E-state index contributed by atoms with van der Waals surface area (Å²) in [5.74, 6) is -0.830. The van der Waals surface area contributed by atoms with Crippen LogP contribution in [0.4, 0.5) is 0 Å². The van der Waals surface area contributed by atoms with E-state index in [9.17, 15) is 9.59 Å². The predicted octanol–water partition coefficient (Wildman–Crippen LogP) is 3.44. The first-order chi connectivity index (χ1) is 10.6. The van der Waals surface area contributed by atoms with Gasteiger partial charge in [0, 0.05) is 13.1 Å². The largest absolute Gasteiger partial charge is 0.333 e. The average molecular weight is 295 g/mol. The molecule has 0 saturated carbocycles. The third-order valence-electron chi connectivity index (χ3n) is 3.72. The van der Waals surface area contributed by atoms with Crippen LogP contribution in [0.1, 0.15) is 25.0 Å². The van der Waals surface area contributed by atoms with Crippen molar-refractivity contribution in [3.8, 4) is 0 Å². The molecule has 3 nitrogen and oxygen atoms in total. The lowest BCUT2D eigenvalue weighted by Gasteiger charge is -2.25. The monoisotopic (exact) mass is 295 g/mol. The summed E-state index contributed by atoms with van der Waals surface area (Å²) in [4.78, 5) is 25.9. The van der Waals surface area contributed by atoms with Crippen LogP contribution in [-0.2, 0) is 22.7 Å². The number of nitrogens with zero attached hydrogens (tertiary/aromatic N) is 1. The average Bonchev–Trinajstić information content (AvgIpc) is 2.54. The van der Waals surface area contributed by atoms with Crippen molar-refractivity contribution < 1.29 is 9.59 Å². The molecule has 3 heteroatoms. The van der Waals surface area contributed by atoms with Gasteiger partial charge in [0.15, 0.2) is 0 Å². The van der Waals surface area contributed by atoms with Gasteiger partial charge in [-0.1, -0.05) is 60.7 Å². The molecule has 0 aliphatic heterocycles. The normalized spacial score (nSPS) is 11.7. The quantitative estimate of drug-likeness (QED) is 0.766. The van der Waals surface area contributed by atoms with E-state index in [1.54, 1.807) is 11.8 Å². The highest BCUT2D eigenvalue weighted by Gasteiger charge is 2.24. The molecule has 0 aliphatic rings. The van der Waals surface area contributed by atoms with Crippen molar-refractivity contribution in [3.63, 3.8) is 0 Å². The van der Waals surface area contributed by atoms with E-state index in [1.165, 1.54) is 6.92 Å². The first-order valence-corrected chi connectivity index (χ1v) is 7.45. The summed E-state index contributed by atoms with van der Waals surface area (Å²) >= 11 is 0. The van der Waals surface area contributed by atoms with E-state index in [2.05, 4.69) is 0 Å². The van der Waals surface area contributed by atoms with Crippen molar-refractivity contribution in [1.82, 2.24) is 4.90 Å². The number of carbonyl (C=O) groups excluding carboxylic acids is 2. The topological polar surface area (TPSA) is 37.4 Å². The van der Waals surface area contributed by atoms with Crippen LogP contribution in [0.15, 0.2) is 60.7 Å². The van der Waals surface area contributed by atoms with E-state index in [-0.39, 0.29) is 11.7 Å². The minimum atomic E-state index is -0.604. The van der Waals surface area contributed by atoms with E-state index >= 15 is 0 Å². The Labute approximate surface area is 131 Å². The third kappa shape index (κ3) is 4.29. The van der Waals surface area contributed by atoms with Crippen LogP contribution < -0.4 is 0 Å². The zero-order valence-corrected chi connectivity index (χ0v) is 13.0. The number of hydrogen-bond acceptors (Lipinski definition) is 2. The van der Waals surface area contributed by atoms with Gasteiger partial charge in [-0.25, -0.2) is 0 Å². The molecular weight excluding hydrogens is 274 g/mol. The lowest BCUT2D eigenvalue weighted by molar-refractivity contribution is -0.141. The minimum Gasteiger partial charge on any atom is -0.333 e. The fourth-order valence-corrected chi connectivity index (χ4v) is 2.27. The zero-order valence-electron chi connectivity index (χ0n) is 13.0. The molecule has 2 aromatic rings. The zero-order chi connectivity index (χ0) is 15.9. The molecule has 0 radical (unpaired) electrons. The number of ketones is 1. The van der Waals surface area contributed by atoms with Gasteiger partial charge in [0.2, 0.25) is 5.91 Å². The third-order valence-corrected chi connectivity index (χ3v) is 3.72. The van der Waals surface area contributed by atoms with Crippen LogP contribution in [0, 0.1) is 5.92 Å². The van der Waals surface area contributed by atoms with Gasteiger partial charge in [0.05, 0.1) is 5.92 Å². The fourth-order valence-electron chi connectivity index (χ4n) is 2.27. The SMILES string of the molecule is CC(=O)C(C)C(=O)N(Cc1ccccc1)Cc1ccccc1. The van der Waals surface area contributed by atoms with Gasteiger partial charge in [-0.3, -0.25) is 9.59 Å². The van der Waals surface area contributed by atoms with Crippen LogP contribution in [0.5, 0.6) is 0 Å². The molecule has 2 aromatic carbocycles. The van der Waals surface area contributed by atoms with Crippen molar-refractivity contribution in [2.45, 2.75) is 26.9 Å². The molecule has 0 N–H and O–H groups in total. The fraction of sp³-hybridized carbons (Fsp3) is 0.263. The first-order valence-electron chi connectivity index (χ1n) is 7.45. The molecule has 1 amide bonds. The lowest BCUT2D eigenvalue weighted by Crippen LogP contribution is -2.36. The molecule has 0 aromatic heterocycles. The van der Waals surface area contributed by atoms with Crippen LogP contribution >= 0.6 is 0 Å². The maximum Gasteiger partial charge on any atom is 0.233 e. The van der Waals surface area contributed by atoms with Crippen LogP contribution in [-0.4, -0.2) is 16.6 Å². The summed E-state index contributed by atoms with van der Waals surface area (Å²) in [7, 11) is 0. The van der Waals surface area contributed by atoms with Crippen molar-refractivity contribution in [2.24, 2.45) is 5.92 Å². The molecule has 1 unspecified atom stereocenters. The van der Waals surface area contributed by atoms with Crippen LogP contribution in [0.2, 0.25) is 0 Å². The number of rotatable bonds is 6. The van der Waals surface area contributed by atoms with Crippen LogP contribution in [0.3, 0.4) is 0 Å². The summed E-state index contributed by atoms with van der Waals surface area (Å²) in [6.45, 7) is 4.15. The molecule has 2 rings (SSSR count). The van der Waals surface area contributed by atoms with E-state index in [4.69, 9.17) is 0 Å². The molecule has 1 atom stereocenters. The molecule has 22 heavy (non-hydrogen) atoms. The van der Waals surface area contributed by atoms with E-state index in [0.29, 0.717) is 13.1 Å². The molecule has 0 bridgehead atoms. The summed E-state index contributed by atoms with van der Waals surface area (Å²) in [5, 5.41) is 0. The highest BCUT2D eigenvalue weighted by Crippen LogP contribution is 2.14. The predicted molar refractivity (Wildman–Crippen MR) is 87.0 cm³/mol. The Kier molecular flexibility index (Phi) is 5.48. The van der Waals surface area contributed by atoms with Gasteiger partial charge in [0.1, 0.15) is 5.78 Å². The van der Waals surface area contributed by atoms with Crippen molar-refractivity contribution >= 4 is 11.7 Å². The van der Waals surface area contributed by atoms with E-state index in [1.807, 2.05) is 60.7 Å². The number of hydrogen-bond donors (Lipinski definition) is 0. The van der Waals surface area contributed by atoms with Gasteiger partial charge in [0.25, 0.3) is 0 Å². The number of benzene rings is 2. The second-order valence-corrected chi connectivity index (χ2v) is 5.50. The summed E-state index contributed by atoms with van der Waals surface area (Å²) < 4.78 is 0. The molecule has 0 heterocycles. The molecule has 0 saturated heterocycles. The van der Waals surface area contributed by atoms with E-state index in [0.717, 1.165) is 11.1 Å². The second-order valence-electron chi connectivity index (χ2n) is 5.50. The molecule has 114 valence electrons. The van der Waals surface area contributed by atoms with Gasteiger partial charge >= 0.3 is 0 Å². The Hall–Kier alpha value is -2.42. The van der Waals surface area contributed by atoms with Gasteiger partial charge in [-0.05, 0) is 25.0 Å². The molecule has 0 aliphatic carbocycles. The molecule has 0 spiro atoms. The van der Waals surface area contributed by atoms with Gasteiger partial charge in [-0.15, -0.1) is 0 Å². The van der Waals surface area contributed by atoms with Gasteiger partial charge in [-0.2, -0.15) is 0 Å². The molecular formula is C19H21NO2. The summed E-state index contributed by atoms with van der Waals surface area (Å²) in [6, 6.07) is 19.7. The highest BCUT2D eigenvalue weighted by molar-refractivity contribution is 5.99. The first kappa shape index (κ1) is 16.0. The number of carbonyl (C=O) groups is 2. The van der Waals surface area contributed by atoms with E-state index < -0.39 is 5.92 Å². The van der Waals surface area contributed by atoms with Gasteiger partial charge < -0.3 is 4.90 Å². The standard InChI is InChI=1S/C19H21NO2/c1-15(16(2)21)19(22)20(13-17-9-5-3-6-10-17)14-18-11-7-4-8-12-18/h3-12,15H,13-14H2,1-2H3. The Bertz CT molecular complexity index is 581. The molecule has 0 fully saturated rings. The van der Waals surface area contributed by atoms with Crippen LogP contribution in [0.25, 0.3) is 0 Å². The number of amides is 1. The Morgan fingerprint density at radius 2 is 1.27 bits per heavy atom. The maximum absolute atomic E-state index is 12.6. The van der Waals surface area contributed by atoms with Crippen molar-refractivity contribution in [1.29, 1.82) is 0 Å². The Morgan fingerprint density at radius 1 is 0.864 bits per heavy atom. The van der Waals surface area contributed by atoms with Crippen molar-refractivity contribution in [2.75, 3.05) is 0 Å². The summed E-state index contributed by atoms with van der Waals surface area (Å²) in [6.07, 6.45) is 0.